The first-order valence-electron chi connectivity index (χ1n) is 5.79. The van der Waals surface area contributed by atoms with E-state index in [9.17, 15) is 0 Å². The summed E-state index contributed by atoms with van der Waals surface area (Å²) in [4.78, 5) is 0. The second-order valence-corrected chi connectivity index (χ2v) is 2.82. The van der Waals surface area contributed by atoms with Crippen molar-refractivity contribution in [3.63, 3.8) is 0 Å². The molecular formula is C14H25NO2. The molecule has 1 rings (SSSR count). The van der Waals surface area contributed by atoms with Crippen molar-refractivity contribution < 1.29 is 9.47 Å². The number of anilines is 1. The molecule has 0 atom stereocenters. The predicted molar refractivity (Wildman–Crippen MR) is 75.4 cm³/mol. The van der Waals surface area contributed by atoms with Gasteiger partial charge in [-0.25, -0.2) is 0 Å². The van der Waals surface area contributed by atoms with Crippen molar-refractivity contribution in [2.45, 2.75) is 20.8 Å². The molecule has 0 amide bonds. The molecule has 0 bridgehead atoms. The van der Waals surface area contributed by atoms with Gasteiger partial charge in [-0.15, -0.1) is 6.58 Å². The minimum absolute atomic E-state index is 0.570. The van der Waals surface area contributed by atoms with Crippen LogP contribution in [0, 0.1) is 0 Å². The van der Waals surface area contributed by atoms with E-state index in [1.54, 1.807) is 13.2 Å². The van der Waals surface area contributed by atoms with Gasteiger partial charge in [0.1, 0.15) is 12.4 Å². The summed E-state index contributed by atoms with van der Waals surface area (Å²) in [6.07, 6.45) is 1.75. The fraction of sp³-hybridized carbons (Fsp3) is 0.429. The van der Waals surface area contributed by atoms with Gasteiger partial charge in [0.05, 0.1) is 6.61 Å². The maximum absolute atomic E-state index is 5.50. The van der Waals surface area contributed by atoms with Gasteiger partial charge in [0.2, 0.25) is 0 Å². The van der Waals surface area contributed by atoms with E-state index in [1.165, 1.54) is 0 Å². The fourth-order valence-electron chi connectivity index (χ4n) is 0.807. The third kappa shape index (κ3) is 12.5. The Bertz CT molecular complexity index is 257. The van der Waals surface area contributed by atoms with E-state index in [1.807, 2.05) is 45.0 Å². The average molecular weight is 239 g/mol. The lowest BCUT2D eigenvalue weighted by atomic mass is 10.3. The lowest BCUT2D eigenvalue weighted by Gasteiger charge is -2.04. The molecule has 0 aliphatic heterocycles. The van der Waals surface area contributed by atoms with Crippen LogP contribution in [0.25, 0.3) is 0 Å². The number of ether oxygens (including phenoxy) is 2. The van der Waals surface area contributed by atoms with E-state index in [0.717, 1.165) is 11.4 Å². The molecule has 0 saturated heterocycles. The number of benzene rings is 1. The number of rotatable bonds is 4. The third-order valence-corrected chi connectivity index (χ3v) is 1.44. The van der Waals surface area contributed by atoms with Gasteiger partial charge in [0.15, 0.2) is 0 Å². The lowest BCUT2D eigenvalue weighted by molar-refractivity contribution is 0.146. The summed E-state index contributed by atoms with van der Waals surface area (Å²) in [5, 5.41) is 0. The SMILES string of the molecule is C=CC.CC.COCCOc1ccc(N)cc1. The van der Waals surface area contributed by atoms with Crippen molar-refractivity contribution >= 4 is 5.69 Å². The van der Waals surface area contributed by atoms with Gasteiger partial charge in [0, 0.05) is 12.8 Å². The van der Waals surface area contributed by atoms with Crippen LogP contribution in [0.4, 0.5) is 5.69 Å². The van der Waals surface area contributed by atoms with Crippen LogP contribution in [0.5, 0.6) is 5.75 Å². The van der Waals surface area contributed by atoms with Gasteiger partial charge in [-0.05, 0) is 31.2 Å². The van der Waals surface area contributed by atoms with E-state index < -0.39 is 0 Å². The Balaban J connectivity index is 0. The molecule has 0 spiro atoms. The largest absolute Gasteiger partial charge is 0.491 e. The molecule has 0 aliphatic rings. The van der Waals surface area contributed by atoms with E-state index in [0.29, 0.717) is 13.2 Å². The zero-order valence-corrected chi connectivity index (χ0v) is 11.4. The molecule has 0 saturated carbocycles. The maximum Gasteiger partial charge on any atom is 0.119 e. The average Bonchev–Trinajstić information content (AvgIpc) is 2.36. The molecule has 0 fully saturated rings. The first-order chi connectivity index (χ1) is 8.24. The van der Waals surface area contributed by atoms with Crippen molar-refractivity contribution in [3.8, 4) is 5.75 Å². The van der Waals surface area contributed by atoms with E-state index >= 15 is 0 Å². The standard InChI is InChI=1S/C9H13NO2.C3H6.C2H6/c1-11-6-7-12-9-4-2-8(10)3-5-9;1-3-2;1-2/h2-5H,6-7,10H2,1H3;3H,1H2,2H3;1-2H3. The van der Waals surface area contributed by atoms with E-state index in [-0.39, 0.29) is 0 Å². The van der Waals surface area contributed by atoms with E-state index in [2.05, 4.69) is 6.58 Å². The maximum atomic E-state index is 5.50. The third-order valence-electron chi connectivity index (χ3n) is 1.44. The Hall–Kier alpha value is -1.48. The van der Waals surface area contributed by atoms with Crippen molar-refractivity contribution in [2.24, 2.45) is 0 Å². The smallest absolute Gasteiger partial charge is 0.119 e. The number of hydrogen-bond acceptors (Lipinski definition) is 3. The van der Waals surface area contributed by atoms with Gasteiger partial charge < -0.3 is 15.2 Å². The molecule has 0 aliphatic carbocycles. The van der Waals surface area contributed by atoms with Crippen LogP contribution in [0.3, 0.4) is 0 Å². The molecule has 3 nitrogen and oxygen atoms in total. The van der Waals surface area contributed by atoms with Gasteiger partial charge in [-0.1, -0.05) is 19.9 Å². The topological polar surface area (TPSA) is 44.5 Å². The van der Waals surface area contributed by atoms with Gasteiger partial charge >= 0.3 is 0 Å². The Morgan fingerprint density at radius 1 is 1.18 bits per heavy atom. The summed E-state index contributed by atoms with van der Waals surface area (Å²) in [5.74, 6) is 0.821. The Kier molecular flexibility index (Phi) is 15.3. The molecule has 98 valence electrons. The number of nitrogens with two attached hydrogens (primary N) is 1. The molecule has 0 radical (unpaired) electrons. The number of methoxy groups -OCH3 is 1. The number of allylic oxidation sites excluding steroid dienone is 1. The van der Waals surface area contributed by atoms with Crippen molar-refractivity contribution in [3.05, 3.63) is 36.9 Å². The molecule has 0 unspecified atom stereocenters. The van der Waals surface area contributed by atoms with Crippen LogP contribution in [0.2, 0.25) is 0 Å². The monoisotopic (exact) mass is 239 g/mol. The lowest BCUT2D eigenvalue weighted by Crippen LogP contribution is -2.03. The summed E-state index contributed by atoms with van der Waals surface area (Å²) in [6.45, 7) is 10.4. The summed E-state index contributed by atoms with van der Waals surface area (Å²) in [6, 6.07) is 7.29. The van der Waals surface area contributed by atoms with Crippen molar-refractivity contribution in [1.82, 2.24) is 0 Å². The summed E-state index contributed by atoms with van der Waals surface area (Å²) >= 11 is 0. The van der Waals surface area contributed by atoms with Crippen LogP contribution < -0.4 is 10.5 Å². The highest BCUT2D eigenvalue weighted by Gasteiger charge is 1.91. The highest BCUT2D eigenvalue weighted by molar-refractivity contribution is 5.41. The quantitative estimate of drug-likeness (QED) is 0.497. The second-order valence-electron chi connectivity index (χ2n) is 2.82. The Labute approximate surface area is 105 Å². The van der Waals surface area contributed by atoms with E-state index in [4.69, 9.17) is 15.2 Å². The first kappa shape index (κ1) is 17.9. The van der Waals surface area contributed by atoms with Gasteiger partial charge in [0.25, 0.3) is 0 Å². The second kappa shape index (κ2) is 14.5. The van der Waals surface area contributed by atoms with Gasteiger partial charge in [-0.3, -0.25) is 0 Å². The molecule has 0 heterocycles. The summed E-state index contributed by atoms with van der Waals surface area (Å²) < 4.78 is 10.2. The summed E-state index contributed by atoms with van der Waals surface area (Å²) in [7, 11) is 1.65. The molecule has 2 N–H and O–H groups in total. The highest BCUT2D eigenvalue weighted by atomic mass is 16.5. The molecular weight excluding hydrogens is 214 g/mol. The minimum atomic E-state index is 0.570. The normalized spacial score (nSPS) is 8.00. The predicted octanol–water partition coefficient (Wildman–Crippen LogP) is 3.51. The van der Waals surface area contributed by atoms with Crippen LogP contribution in [-0.4, -0.2) is 20.3 Å². The summed E-state index contributed by atoms with van der Waals surface area (Å²) in [5.41, 5.74) is 6.25. The van der Waals surface area contributed by atoms with Gasteiger partial charge in [-0.2, -0.15) is 0 Å². The fourth-order valence-corrected chi connectivity index (χ4v) is 0.807. The van der Waals surface area contributed by atoms with Crippen LogP contribution in [0.1, 0.15) is 20.8 Å². The van der Waals surface area contributed by atoms with Crippen LogP contribution in [-0.2, 0) is 4.74 Å². The van der Waals surface area contributed by atoms with Crippen LogP contribution in [0.15, 0.2) is 36.9 Å². The minimum Gasteiger partial charge on any atom is -0.491 e. The number of hydrogen-bond donors (Lipinski definition) is 1. The highest BCUT2D eigenvalue weighted by Crippen LogP contribution is 2.12. The Morgan fingerprint density at radius 3 is 2.06 bits per heavy atom. The van der Waals surface area contributed by atoms with Crippen molar-refractivity contribution in [2.75, 3.05) is 26.1 Å². The molecule has 0 aromatic heterocycles. The Morgan fingerprint density at radius 2 is 1.65 bits per heavy atom. The molecule has 3 heteroatoms. The zero-order chi connectivity index (χ0) is 13.5. The van der Waals surface area contributed by atoms with Crippen LogP contribution >= 0.6 is 0 Å². The van der Waals surface area contributed by atoms with Crippen molar-refractivity contribution in [1.29, 1.82) is 0 Å². The molecule has 1 aromatic rings. The first-order valence-corrected chi connectivity index (χ1v) is 5.79. The molecule has 17 heavy (non-hydrogen) atoms. The number of nitrogen functional groups attached to an aromatic ring is 1. The zero-order valence-electron chi connectivity index (χ0n) is 11.4. The molecule has 1 aromatic carbocycles.